The molecule has 0 aliphatic carbocycles. The smallest absolute Gasteiger partial charge is 0.416 e. The summed E-state index contributed by atoms with van der Waals surface area (Å²) in [6.07, 6.45) is -3.27. The number of benzene rings is 4. The molecule has 43 heavy (non-hydrogen) atoms. The number of rotatable bonds is 8. The highest BCUT2D eigenvalue weighted by Gasteiger charge is 2.31. The van der Waals surface area contributed by atoms with Crippen molar-refractivity contribution in [3.05, 3.63) is 118 Å². The summed E-state index contributed by atoms with van der Waals surface area (Å²) in [5, 5.41) is 7.09. The third kappa shape index (κ3) is 6.70. The quantitative estimate of drug-likeness (QED) is 0.173. The van der Waals surface area contributed by atoms with Crippen molar-refractivity contribution in [2.75, 3.05) is 19.0 Å². The van der Waals surface area contributed by atoms with Crippen LogP contribution in [-0.2, 0) is 11.0 Å². The topological polar surface area (TPSA) is 94.8 Å². The largest absolute Gasteiger partial charge is 0.493 e. The number of para-hydroxylation sites is 1. The fourth-order valence-electron chi connectivity index (χ4n) is 4.13. The van der Waals surface area contributed by atoms with E-state index in [2.05, 4.69) is 15.4 Å². The van der Waals surface area contributed by atoms with E-state index in [-0.39, 0.29) is 34.9 Å². The van der Waals surface area contributed by atoms with Gasteiger partial charge in [0, 0.05) is 11.3 Å². The number of amides is 1. The highest BCUT2D eigenvalue weighted by atomic mass is 19.4. The van der Waals surface area contributed by atoms with Crippen molar-refractivity contribution in [3.8, 4) is 22.9 Å². The van der Waals surface area contributed by atoms with Crippen LogP contribution in [0.1, 0.15) is 11.1 Å². The summed E-state index contributed by atoms with van der Waals surface area (Å²) in [7, 11) is 1.39. The maximum Gasteiger partial charge on any atom is 0.416 e. The van der Waals surface area contributed by atoms with E-state index in [9.17, 15) is 27.2 Å². The molecule has 0 unspecified atom stereocenters. The van der Waals surface area contributed by atoms with E-state index in [1.165, 1.54) is 55.8 Å². The van der Waals surface area contributed by atoms with Crippen LogP contribution >= 0.6 is 0 Å². The summed E-state index contributed by atoms with van der Waals surface area (Å²) >= 11 is 0. The Labute approximate surface area is 241 Å². The first-order valence-electron chi connectivity index (χ1n) is 12.7. The Morgan fingerprint density at radius 1 is 0.977 bits per heavy atom. The van der Waals surface area contributed by atoms with Crippen LogP contribution in [0.4, 0.5) is 23.2 Å². The second kappa shape index (κ2) is 12.1. The van der Waals surface area contributed by atoms with Gasteiger partial charge in [0.2, 0.25) is 0 Å². The number of alkyl halides is 3. The van der Waals surface area contributed by atoms with Gasteiger partial charge < -0.3 is 14.8 Å². The monoisotopic (exact) mass is 590 g/mol. The number of hydrogen-bond donors (Lipinski definition) is 1. The van der Waals surface area contributed by atoms with Crippen molar-refractivity contribution in [1.82, 2.24) is 9.66 Å². The lowest BCUT2D eigenvalue weighted by Crippen LogP contribution is -2.20. The van der Waals surface area contributed by atoms with Crippen LogP contribution in [-0.4, -0.2) is 35.5 Å². The molecule has 12 heteroatoms. The van der Waals surface area contributed by atoms with E-state index >= 15 is 0 Å². The standard InChI is InChI=1S/C31H22F4N4O4/c1-42-27-15-19(9-14-26(27)43-18-28(40)37-23-12-10-22(32)11-13-23)17-36-39-29(20-5-4-6-21(16-20)31(33,34)35)38-25-8-3-2-7-24(25)30(39)41/h2-17H,18H2,1H3,(H,37,40). The van der Waals surface area contributed by atoms with Crippen LogP contribution in [0.5, 0.6) is 11.5 Å². The summed E-state index contributed by atoms with van der Waals surface area (Å²) in [5.74, 6) is -0.505. The number of nitrogens with zero attached hydrogens (tertiary/aromatic N) is 3. The van der Waals surface area contributed by atoms with E-state index in [0.29, 0.717) is 16.8 Å². The lowest BCUT2D eigenvalue weighted by molar-refractivity contribution is -0.137. The molecule has 4 aromatic carbocycles. The zero-order chi connectivity index (χ0) is 30.6. The van der Waals surface area contributed by atoms with Crippen molar-refractivity contribution in [2.24, 2.45) is 5.10 Å². The zero-order valence-corrected chi connectivity index (χ0v) is 22.4. The molecule has 0 aliphatic heterocycles. The summed E-state index contributed by atoms with van der Waals surface area (Å²) in [4.78, 5) is 30.1. The second-order valence-corrected chi connectivity index (χ2v) is 9.15. The molecular formula is C31H22F4N4O4. The fourth-order valence-corrected chi connectivity index (χ4v) is 4.13. The molecule has 1 aromatic heterocycles. The van der Waals surface area contributed by atoms with Crippen LogP contribution in [0.3, 0.4) is 0 Å². The van der Waals surface area contributed by atoms with Gasteiger partial charge in [0.1, 0.15) is 5.82 Å². The van der Waals surface area contributed by atoms with Crippen LogP contribution in [0, 0.1) is 5.82 Å². The number of methoxy groups -OCH3 is 1. The van der Waals surface area contributed by atoms with Crippen molar-refractivity contribution in [1.29, 1.82) is 0 Å². The van der Waals surface area contributed by atoms with E-state index < -0.39 is 29.0 Å². The molecule has 1 heterocycles. The average molecular weight is 591 g/mol. The molecule has 8 nitrogen and oxygen atoms in total. The van der Waals surface area contributed by atoms with Crippen LogP contribution in [0.25, 0.3) is 22.3 Å². The number of ether oxygens (including phenoxy) is 2. The lowest BCUT2D eigenvalue weighted by Gasteiger charge is -2.13. The molecule has 0 radical (unpaired) electrons. The molecule has 0 spiro atoms. The van der Waals surface area contributed by atoms with Crippen LogP contribution in [0.15, 0.2) is 101 Å². The first-order chi connectivity index (χ1) is 20.6. The Morgan fingerprint density at radius 3 is 2.49 bits per heavy atom. The third-order valence-electron chi connectivity index (χ3n) is 6.20. The number of hydrogen-bond acceptors (Lipinski definition) is 6. The van der Waals surface area contributed by atoms with E-state index in [1.54, 1.807) is 36.4 Å². The number of carbonyl (C=O) groups is 1. The number of aromatic nitrogens is 2. The summed E-state index contributed by atoms with van der Waals surface area (Å²) in [5.41, 5.74) is -0.262. The predicted molar refractivity (Wildman–Crippen MR) is 153 cm³/mol. The molecule has 1 amide bonds. The molecule has 218 valence electrons. The van der Waals surface area contributed by atoms with Gasteiger partial charge in [0.05, 0.1) is 29.8 Å². The summed E-state index contributed by atoms with van der Waals surface area (Å²) in [6.45, 7) is -0.361. The molecule has 0 saturated heterocycles. The average Bonchev–Trinajstić information content (AvgIpc) is 3.00. The van der Waals surface area contributed by atoms with Gasteiger partial charge >= 0.3 is 6.18 Å². The molecule has 0 bridgehead atoms. The van der Waals surface area contributed by atoms with Crippen molar-refractivity contribution < 1.29 is 31.8 Å². The Kier molecular flexibility index (Phi) is 8.19. The molecule has 0 atom stereocenters. The predicted octanol–water partition coefficient (Wildman–Crippen LogP) is 6.13. The number of fused-ring (bicyclic) bond motifs is 1. The van der Waals surface area contributed by atoms with Gasteiger partial charge in [-0.05, 0) is 72.3 Å². The van der Waals surface area contributed by atoms with Gasteiger partial charge in [0.15, 0.2) is 23.9 Å². The lowest BCUT2D eigenvalue weighted by atomic mass is 10.1. The minimum absolute atomic E-state index is 0.0510. The second-order valence-electron chi connectivity index (χ2n) is 9.15. The van der Waals surface area contributed by atoms with Gasteiger partial charge in [-0.2, -0.15) is 22.9 Å². The molecular weight excluding hydrogens is 568 g/mol. The highest BCUT2D eigenvalue weighted by Crippen LogP contribution is 2.32. The molecule has 0 aliphatic rings. The normalized spacial score (nSPS) is 11.6. The number of carbonyl (C=O) groups excluding carboxylic acids is 1. The Morgan fingerprint density at radius 2 is 1.74 bits per heavy atom. The number of anilines is 1. The van der Waals surface area contributed by atoms with Crippen molar-refractivity contribution in [2.45, 2.75) is 6.18 Å². The van der Waals surface area contributed by atoms with Gasteiger partial charge in [-0.1, -0.05) is 24.3 Å². The Bertz CT molecular complexity index is 1890. The van der Waals surface area contributed by atoms with Gasteiger partial charge in [-0.15, -0.1) is 0 Å². The summed E-state index contributed by atoms with van der Waals surface area (Å²) in [6, 6.07) is 20.8. The SMILES string of the molecule is COc1cc(C=Nn2c(-c3cccc(C(F)(F)F)c3)nc3ccccc3c2=O)ccc1OCC(=O)Nc1ccc(F)cc1. The van der Waals surface area contributed by atoms with E-state index in [4.69, 9.17) is 9.47 Å². The highest BCUT2D eigenvalue weighted by molar-refractivity contribution is 5.92. The van der Waals surface area contributed by atoms with Gasteiger partial charge in [-0.25, -0.2) is 9.37 Å². The van der Waals surface area contributed by atoms with Gasteiger partial charge in [-0.3, -0.25) is 9.59 Å². The Hall–Kier alpha value is -5.52. The van der Waals surface area contributed by atoms with Crippen LogP contribution in [0.2, 0.25) is 0 Å². The van der Waals surface area contributed by atoms with E-state index in [0.717, 1.165) is 16.8 Å². The van der Waals surface area contributed by atoms with Crippen molar-refractivity contribution >= 4 is 28.7 Å². The maximum atomic E-state index is 13.4. The first-order valence-corrected chi connectivity index (χ1v) is 12.7. The Balaban J connectivity index is 1.43. The molecule has 5 aromatic rings. The molecule has 1 N–H and O–H groups in total. The molecule has 0 saturated carbocycles. The molecule has 0 fully saturated rings. The number of nitrogens with one attached hydrogen (secondary N) is 1. The first kappa shape index (κ1) is 29.0. The fraction of sp³-hybridized carbons (Fsp3) is 0.0968. The van der Waals surface area contributed by atoms with Crippen LogP contribution < -0.4 is 20.3 Å². The van der Waals surface area contributed by atoms with E-state index in [1.807, 2.05) is 0 Å². The minimum atomic E-state index is -4.59. The van der Waals surface area contributed by atoms with Crippen molar-refractivity contribution in [3.63, 3.8) is 0 Å². The zero-order valence-electron chi connectivity index (χ0n) is 22.4. The maximum absolute atomic E-state index is 13.4. The summed E-state index contributed by atoms with van der Waals surface area (Å²) < 4.78 is 65.2. The molecule has 5 rings (SSSR count). The number of halogens is 4. The van der Waals surface area contributed by atoms with Gasteiger partial charge in [0.25, 0.3) is 11.5 Å². The third-order valence-corrected chi connectivity index (χ3v) is 6.20. The minimum Gasteiger partial charge on any atom is -0.493 e.